The first-order valence-corrected chi connectivity index (χ1v) is 35.3. The summed E-state index contributed by atoms with van der Waals surface area (Å²) >= 11 is 0. The summed E-state index contributed by atoms with van der Waals surface area (Å²) in [5.74, 6) is -0.882. The van der Waals surface area contributed by atoms with E-state index >= 15 is 0 Å². The second-order valence-corrected chi connectivity index (χ2v) is 23.8. The lowest BCUT2D eigenvalue weighted by molar-refractivity contribution is -0.167. The van der Waals surface area contributed by atoms with Gasteiger partial charge in [0.2, 0.25) is 0 Å². The molecular formula is C74H134O6. The van der Waals surface area contributed by atoms with Gasteiger partial charge in [0.25, 0.3) is 0 Å². The molecule has 1 unspecified atom stereocenters. The summed E-state index contributed by atoms with van der Waals surface area (Å²) in [4.78, 5) is 38.4. The quantitative estimate of drug-likeness (QED) is 0.0261. The molecule has 0 aromatic rings. The van der Waals surface area contributed by atoms with Crippen LogP contribution < -0.4 is 0 Å². The fourth-order valence-electron chi connectivity index (χ4n) is 10.4. The van der Waals surface area contributed by atoms with Crippen LogP contribution in [0.1, 0.15) is 374 Å². The minimum Gasteiger partial charge on any atom is -0.462 e. The van der Waals surface area contributed by atoms with Gasteiger partial charge in [-0.2, -0.15) is 0 Å². The third-order valence-electron chi connectivity index (χ3n) is 15.7. The Morgan fingerprint density at radius 2 is 0.475 bits per heavy atom. The lowest BCUT2D eigenvalue weighted by Crippen LogP contribution is -2.30. The molecule has 0 saturated heterocycles. The minimum absolute atomic E-state index is 0.0790. The zero-order valence-electron chi connectivity index (χ0n) is 53.6. The Labute approximate surface area is 498 Å². The molecule has 0 aromatic heterocycles. The first kappa shape index (κ1) is 77.1. The molecule has 0 fully saturated rings. The number of hydrogen-bond donors (Lipinski definition) is 0. The van der Waals surface area contributed by atoms with Crippen molar-refractivity contribution >= 4 is 17.9 Å². The number of ether oxygens (including phenoxy) is 3. The van der Waals surface area contributed by atoms with E-state index in [2.05, 4.69) is 81.5 Å². The topological polar surface area (TPSA) is 78.9 Å². The van der Waals surface area contributed by atoms with Gasteiger partial charge in [-0.3, -0.25) is 14.4 Å². The largest absolute Gasteiger partial charge is 0.462 e. The van der Waals surface area contributed by atoms with E-state index < -0.39 is 6.10 Å². The molecule has 0 bridgehead atoms. The molecule has 0 aliphatic carbocycles. The lowest BCUT2D eigenvalue weighted by Gasteiger charge is -2.18. The Morgan fingerprint density at radius 1 is 0.250 bits per heavy atom. The number of rotatable bonds is 65. The summed E-state index contributed by atoms with van der Waals surface area (Å²) in [5.41, 5.74) is 0. The van der Waals surface area contributed by atoms with Crippen molar-refractivity contribution in [3.05, 3.63) is 60.8 Å². The molecule has 0 aromatic carbocycles. The zero-order valence-corrected chi connectivity index (χ0v) is 53.6. The molecule has 0 N–H and O–H groups in total. The van der Waals surface area contributed by atoms with E-state index in [-0.39, 0.29) is 31.1 Å². The monoisotopic (exact) mass is 1120 g/mol. The fraction of sp³-hybridized carbons (Fsp3) is 0.824. The van der Waals surface area contributed by atoms with Crippen molar-refractivity contribution in [1.29, 1.82) is 0 Å². The van der Waals surface area contributed by atoms with Gasteiger partial charge >= 0.3 is 17.9 Å². The van der Waals surface area contributed by atoms with E-state index in [9.17, 15) is 14.4 Å². The van der Waals surface area contributed by atoms with Crippen LogP contribution in [0.2, 0.25) is 0 Å². The summed E-state index contributed by atoms with van der Waals surface area (Å²) in [7, 11) is 0. The van der Waals surface area contributed by atoms with Crippen molar-refractivity contribution in [3.63, 3.8) is 0 Å². The highest BCUT2D eigenvalue weighted by Gasteiger charge is 2.19. The lowest BCUT2D eigenvalue weighted by atomic mass is 10.0. The van der Waals surface area contributed by atoms with Gasteiger partial charge in [-0.1, -0.05) is 313 Å². The van der Waals surface area contributed by atoms with Crippen LogP contribution in [-0.2, 0) is 28.6 Å². The maximum absolute atomic E-state index is 12.9. The summed E-state index contributed by atoms with van der Waals surface area (Å²) in [6, 6.07) is 0. The second-order valence-electron chi connectivity index (χ2n) is 23.8. The maximum Gasteiger partial charge on any atom is 0.306 e. The molecule has 0 aliphatic heterocycles. The molecule has 0 amide bonds. The highest BCUT2D eigenvalue weighted by Crippen LogP contribution is 2.18. The number of hydrogen-bond acceptors (Lipinski definition) is 6. The predicted octanol–water partition coefficient (Wildman–Crippen LogP) is 24.3. The molecule has 6 heteroatoms. The summed E-state index contributed by atoms with van der Waals surface area (Å²) in [6.07, 6.45) is 88.3. The van der Waals surface area contributed by atoms with Crippen molar-refractivity contribution in [1.82, 2.24) is 0 Å². The van der Waals surface area contributed by atoms with Gasteiger partial charge in [0, 0.05) is 19.3 Å². The van der Waals surface area contributed by atoms with Crippen LogP contribution in [0.3, 0.4) is 0 Å². The predicted molar refractivity (Wildman–Crippen MR) is 348 cm³/mol. The van der Waals surface area contributed by atoms with Crippen LogP contribution in [-0.4, -0.2) is 37.2 Å². The summed E-state index contributed by atoms with van der Waals surface area (Å²) in [5, 5.41) is 0. The number of carbonyl (C=O) groups is 3. The third kappa shape index (κ3) is 65.9. The first-order chi connectivity index (χ1) is 39.5. The molecule has 0 rings (SSSR count). The number of esters is 3. The molecule has 466 valence electrons. The van der Waals surface area contributed by atoms with Crippen molar-refractivity contribution in [2.75, 3.05) is 13.2 Å². The van der Waals surface area contributed by atoms with E-state index in [0.29, 0.717) is 19.3 Å². The van der Waals surface area contributed by atoms with E-state index in [0.717, 1.165) is 96.3 Å². The molecule has 6 nitrogen and oxygen atoms in total. The van der Waals surface area contributed by atoms with Gasteiger partial charge in [0.05, 0.1) is 0 Å². The van der Waals surface area contributed by atoms with Crippen LogP contribution in [0.25, 0.3) is 0 Å². The summed E-state index contributed by atoms with van der Waals surface area (Å²) in [6.45, 7) is 6.59. The van der Waals surface area contributed by atoms with E-state index in [1.807, 2.05) is 0 Å². The van der Waals surface area contributed by atoms with Gasteiger partial charge < -0.3 is 14.2 Å². The number of allylic oxidation sites excluding steroid dienone is 10. The third-order valence-corrected chi connectivity index (χ3v) is 15.7. The van der Waals surface area contributed by atoms with Crippen molar-refractivity contribution < 1.29 is 28.6 Å². The van der Waals surface area contributed by atoms with Gasteiger partial charge in [0.15, 0.2) is 6.10 Å². The maximum atomic E-state index is 12.9. The molecular weight excluding hydrogens is 985 g/mol. The first-order valence-electron chi connectivity index (χ1n) is 35.3. The van der Waals surface area contributed by atoms with Gasteiger partial charge in [-0.05, 0) is 103 Å². The highest BCUT2D eigenvalue weighted by atomic mass is 16.6. The average molecular weight is 1120 g/mol. The van der Waals surface area contributed by atoms with Crippen LogP contribution in [0.5, 0.6) is 0 Å². The number of unbranched alkanes of at least 4 members (excludes halogenated alkanes) is 44. The van der Waals surface area contributed by atoms with Crippen LogP contribution in [0.4, 0.5) is 0 Å². The van der Waals surface area contributed by atoms with E-state index in [4.69, 9.17) is 14.2 Å². The summed E-state index contributed by atoms with van der Waals surface area (Å²) < 4.78 is 16.9. The Bertz CT molecular complexity index is 1430. The van der Waals surface area contributed by atoms with Gasteiger partial charge in [0.1, 0.15) is 13.2 Å². The van der Waals surface area contributed by atoms with Crippen molar-refractivity contribution in [2.45, 2.75) is 380 Å². The van der Waals surface area contributed by atoms with Gasteiger partial charge in [-0.15, -0.1) is 0 Å². The van der Waals surface area contributed by atoms with Crippen LogP contribution >= 0.6 is 0 Å². The standard InChI is InChI=1S/C74H134O6/c1-4-7-10-13-16-19-22-25-27-29-31-32-33-34-35-36-37-38-39-40-41-42-43-45-46-49-52-55-58-61-64-67-73(76)79-70-71(69-78-72(75)66-63-60-57-54-51-48-24-21-18-15-12-9-6-3)80-74(77)68-65-62-59-56-53-50-47-44-30-28-26-23-20-17-14-11-8-5-2/h12,15,20-21,23-24,28-31,71H,4-11,13-14,16-19,22,25-27,32-70H2,1-3H3/b15-12-,23-20-,24-21-,30-28-,31-29-. The zero-order chi connectivity index (χ0) is 57.8. The molecule has 0 radical (unpaired) electrons. The Hall–Kier alpha value is -2.89. The smallest absolute Gasteiger partial charge is 0.306 e. The highest BCUT2D eigenvalue weighted by molar-refractivity contribution is 5.71. The van der Waals surface area contributed by atoms with Crippen LogP contribution in [0.15, 0.2) is 60.8 Å². The SMILES string of the molecule is CCC/C=C\C/C=C\CCCCCCCC(=O)OCC(COC(=O)CCCCCCCCCCCCCCCCCCCCC/C=C\CCCCCCCCCC)OC(=O)CCCCCCCCC/C=C\C/C=C\CCCCCC. The van der Waals surface area contributed by atoms with Gasteiger partial charge in [-0.25, -0.2) is 0 Å². The average Bonchev–Trinajstić information content (AvgIpc) is 3.46. The molecule has 0 saturated carbocycles. The molecule has 1 atom stereocenters. The Balaban J connectivity index is 4.17. The molecule has 80 heavy (non-hydrogen) atoms. The van der Waals surface area contributed by atoms with Crippen molar-refractivity contribution in [3.8, 4) is 0 Å². The fourth-order valence-corrected chi connectivity index (χ4v) is 10.4. The number of carbonyl (C=O) groups excluding carboxylic acids is 3. The second kappa shape index (κ2) is 68.6. The van der Waals surface area contributed by atoms with Crippen molar-refractivity contribution in [2.24, 2.45) is 0 Å². The normalized spacial score (nSPS) is 12.4. The Morgan fingerprint density at radius 3 is 0.762 bits per heavy atom. The molecule has 0 aliphatic rings. The van der Waals surface area contributed by atoms with E-state index in [1.54, 1.807) is 0 Å². The van der Waals surface area contributed by atoms with E-state index in [1.165, 1.54) is 238 Å². The Kier molecular flexibility index (Phi) is 66.1. The molecule has 0 spiro atoms. The minimum atomic E-state index is -0.784. The van der Waals surface area contributed by atoms with Crippen LogP contribution in [0, 0.1) is 0 Å². The molecule has 0 heterocycles.